The first-order valence-corrected chi connectivity index (χ1v) is 11.7. The summed E-state index contributed by atoms with van der Waals surface area (Å²) >= 11 is 0. The molecule has 2 aromatic carbocycles. The number of methoxy groups -OCH3 is 1. The van der Waals surface area contributed by atoms with Gasteiger partial charge in [0, 0.05) is 24.8 Å². The molecular weight excluding hydrogens is 426 g/mol. The van der Waals surface area contributed by atoms with E-state index in [0.29, 0.717) is 22.9 Å². The van der Waals surface area contributed by atoms with Crippen LogP contribution in [0.2, 0.25) is 0 Å². The quantitative estimate of drug-likeness (QED) is 0.484. The van der Waals surface area contributed by atoms with Gasteiger partial charge in [0.15, 0.2) is 6.61 Å². The number of hydrogen-bond acceptors (Lipinski definition) is 5. The average Bonchev–Trinajstić information content (AvgIpc) is 2.91. The molecule has 6 heteroatoms. The molecule has 4 rings (SSSR count). The standard InChI is InChI=1S/C28H29N3O3/c1-33-25-5-2-4-22(18-25)8-7-21-13-16-31(17-14-21)27(32)20-34-26-6-3-15-30-28(26)24-11-9-23(19-29)10-12-24/h2-6,9-12,15,18,21H,7-8,13-14,16-17,20H2,1H3. The molecule has 0 spiro atoms. The van der Waals surface area contributed by atoms with Crippen LogP contribution in [0.1, 0.15) is 30.4 Å². The summed E-state index contributed by atoms with van der Waals surface area (Å²) in [6.45, 7) is 1.52. The van der Waals surface area contributed by atoms with Crippen molar-refractivity contribution < 1.29 is 14.3 Å². The Kier molecular flexibility index (Phi) is 7.77. The molecule has 1 saturated heterocycles. The van der Waals surface area contributed by atoms with Crippen LogP contribution in [0.15, 0.2) is 66.9 Å². The second kappa shape index (κ2) is 11.3. The first-order chi connectivity index (χ1) is 16.7. The van der Waals surface area contributed by atoms with E-state index in [9.17, 15) is 4.79 Å². The summed E-state index contributed by atoms with van der Waals surface area (Å²) in [7, 11) is 1.69. The van der Waals surface area contributed by atoms with Gasteiger partial charge in [-0.05, 0) is 73.6 Å². The normalized spacial score (nSPS) is 13.8. The maximum Gasteiger partial charge on any atom is 0.260 e. The molecule has 0 aliphatic carbocycles. The minimum Gasteiger partial charge on any atom is -0.497 e. The van der Waals surface area contributed by atoms with Crippen molar-refractivity contribution in [3.05, 3.63) is 78.0 Å². The summed E-state index contributed by atoms with van der Waals surface area (Å²) in [6, 6.07) is 21.1. The lowest BCUT2D eigenvalue weighted by Crippen LogP contribution is -2.41. The molecule has 3 aromatic rings. The summed E-state index contributed by atoms with van der Waals surface area (Å²) in [5, 5.41) is 9.00. The smallest absolute Gasteiger partial charge is 0.260 e. The SMILES string of the molecule is COc1cccc(CCC2CCN(C(=O)COc3cccnc3-c3ccc(C#N)cc3)CC2)c1. The minimum absolute atomic E-state index is 0.000812. The van der Waals surface area contributed by atoms with Gasteiger partial charge in [-0.25, -0.2) is 0 Å². The molecule has 0 bridgehead atoms. The number of aromatic nitrogens is 1. The van der Waals surface area contributed by atoms with Gasteiger partial charge in [0.1, 0.15) is 17.2 Å². The summed E-state index contributed by atoms with van der Waals surface area (Å²) in [4.78, 5) is 19.1. The Morgan fingerprint density at radius 1 is 1.12 bits per heavy atom. The van der Waals surface area contributed by atoms with Gasteiger partial charge in [0.05, 0.1) is 18.7 Å². The second-order valence-corrected chi connectivity index (χ2v) is 8.54. The number of pyridine rings is 1. The number of nitriles is 1. The van der Waals surface area contributed by atoms with E-state index >= 15 is 0 Å². The fourth-order valence-electron chi connectivity index (χ4n) is 4.33. The highest BCUT2D eigenvalue weighted by Crippen LogP contribution is 2.28. The first kappa shape index (κ1) is 23.3. The van der Waals surface area contributed by atoms with E-state index in [1.807, 2.05) is 35.2 Å². The Morgan fingerprint density at radius 3 is 2.65 bits per heavy atom. The van der Waals surface area contributed by atoms with Crippen LogP contribution in [-0.4, -0.2) is 42.6 Å². The second-order valence-electron chi connectivity index (χ2n) is 8.54. The molecule has 1 fully saturated rings. The Bertz CT molecular complexity index is 1150. The van der Waals surface area contributed by atoms with Crippen molar-refractivity contribution in [2.45, 2.75) is 25.7 Å². The minimum atomic E-state index is -0.0105. The van der Waals surface area contributed by atoms with Crippen molar-refractivity contribution in [3.8, 4) is 28.8 Å². The van der Waals surface area contributed by atoms with Crippen LogP contribution in [0, 0.1) is 17.2 Å². The number of aryl methyl sites for hydroxylation is 1. The molecule has 2 heterocycles. The number of piperidine rings is 1. The van der Waals surface area contributed by atoms with E-state index in [0.717, 1.165) is 50.1 Å². The Labute approximate surface area is 200 Å². The highest BCUT2D eigenvalue weighted by Gasteiger charge is 2.23. The molecule has 0 unspecified atom stereocenters. The number of hydrogen-bond donors (Lipinski definition) is 0. The van der Waals surface area contributed by atoms with Gasteiger partial charge < -0.3 is 14.4 Å². The van der Waals surface area contributed by atoms with Crippen molar-refractivity contribution in [1.29, 1.82) is 5.26 Å². The average molecular weight is 456 g/mol. The van der Waals surface area contributed by atoms with Crippen LogP contribution in [0.3, 0.4) is 0 Å². The molecule has 1 aliphatic heterocycles. The predicted octanol–water partition coefficient (Wildman–Crippen LogP) is 4.88. The fourth-order valence-corrected chi connectivity index (χ4v) is 4.33. The summed E-state index contributed by atoms with van der Waals surface area (Å²) < 4.78 is 11.2. The largest absolute Gasteiger partial charge is 0.497 e. The monoisotopic (exact) mass is 455 g/mol. The first-order valence-electron chi connectivity index (χ1n) is 11.7. The number of ether oxygens (including phenoxy) is 2. The maximum absolute atomic E-state index is 12.8. The van der Waals surface area contributed by atoms with Crippen molar-refractivity contribution in [2.75, 3.05) is 26.8 Å². The van der Waals surface area contributed by atoms with E-state index in [1.54, 1.807) is 31.5 Å². The molecule has 0 N–H and O–H groups in total. The topological polar surface area (TPSA) is 75.4 Å². The van der Waals surface area contributed by atoms with Gasteiger partial charge in [-0.15, -0.1) is 0 Å². The van der Waals surface area contributed by atoms with E-state index in [4.69, 9.17) is 14.7 Å². The molecule has 0 atom stereocenters. The van der Waals surface area contributed by atoms with Crippen LogP contribution >= 0.6 is 0 Å². The molecule has 34 heavy (non-hydrogen) atoms. The zero-order valence-corrected chi connectivity index (χ0v) is 19.4. The summed E-state index contributed by atoms with van der Waals surface area (Å²) in [6.07, 6.45) is 5.87. The lowest BCUT2D eigenvalue weighted by molar-refractivity contribution is -0.134. The molecule has 0 radical (unpaired) electrons. The molecule has 1 aromatic heterocycles. The highest BCUT2D eigenvalue weighted by atomic mass is 16.5. The molecule has 1 aliphatic rings. The number of rotatable bonds is 8. The van der Waals surface area contributed by atoms with Gasteiger partial charge in [-0.2, -0.15) is 5.26 Å². The molecule has 1 amide bonds. The van der Waals surface area contributed by atoms with E-state index in [1.165, 1.54) is 5.56 Å². The van der Waals surface area contributed by atoms with Crippen molar-refractivity contribution in [2.24, 2.45) is 5.92 Å². The van der Waals surface area contributed by atoms with Gasteiger partial charge in [-0.3, -0.25) is 9.78 Å². The number of nitrogens with zero attached hydrogens (tertiary/aromatic N) is 3. The van der Waals surface area contributed by atoms with E-state index < -0.39 is 0 Å². The fraction of sp³-hybridized carbons (Fsp3) is 0.321. The third-order valence-electron chi connectivity index (χ3n) is 6.35. The zero-order chi connectivity index (χ0) is 23.8. The van der Waals surface area contributed by atoms with Gasteiger partial charge in [0.2, 0.25) is 0 Å². The van der Waals surface area contributed by atoms with Gasteiger partial charge in [-0.1, -0.05) is 24.3 Å². The van der Waals surface area contributed by atoms with Crippen molar-refractivity contribution >= 4 is 5.91 Å². The molecular formula is C28H29N3O3. The van der Waals surface area contributed by atoms with Crippen LogP contribution in [0.4, 0.5) is 0 Å². The Hall–Kier alpha value is -3.85. The van der Waals surface area contributed by atoms with Crippen molar-refractivity contribution in [1.82, 2.24) is 9.88 Å². The highest BCUT2D eigenvalue weighted by molar-refractivity contribution is 5.78. The van der Waals surface area contributed by atoms with E-state index in [2.05, 4.69) is 23.2 Å². The molecule has 0 saturated carbocycles. The molecule has 174 valence electrons. The van der Waals surface area contributed by atoms with Crippen molar-refractivity contribution in [3.63, 3.8) is 0 Å². The van der Waals surface area contributed by atoms with E-state index in [-0.39, 0.29) is 12.5 Å². The number of carbonyl (C=O) groups is 1. The van der Waals surface area contributed by atoms with Crippen LogP contribution in [0.25, 0.3) is 11.3 Å². The van der Waals surface area contributed by atoms with Gasteiger partial charge >= 0.3 is 0 Å². The number of likely N-dealkylation sites (tertiary alicyclic amines) is 1. The summed E-state index contributed by atoms with van der Waals surface area (Å²) in [5.74, 6) is 2.08. The Morgan fingerprint density at radius 2 is 1.91 bits per heavy atom. The van der Waals surface area contributed by atoms with Crippen LogP contribution in [-0.2, 0) is 11.2 Å². The third kappa shape index (κ3) is 5.93. The summed E-state index contributed by atoms with van der Waals surface area (Å²) in [5.41, 5.74) is 3.39. The number of carbonyl (C=O) groups excluding carboxylic acids is 1. The third-order valence-corrected chi connectivity index (χ3v) is 6.35. The Balaban J connectivity index is 1.26. The van der Waals surface area contributed by atoms with Gasteiger partial charge in [0.25, 0.3) is 5.91 Å². The molecule has 6 nitrogen and oxygen atoms in total. The predicted molar refractivity (Wildman–Crippen MR) is 131 cm³/mol. The number of amides is 1. The van der Waals surface area contributed by atoms with Crippen LogP contribution < -0.4 is 9.47 Å². The zero-order valence-electron chi connectivity index (χ0n) is 19.4. The maximum atomic E-state index is 12.8. The lowest BCUT2D eigenvalue weighted by Gasteiger charge is -2.32. The number of benzene rings is 2. The van der Waals surface area contributed by atoms with Crippen LogP contribution in [0.5, 0.6) is 11.5 Å². The lowest BCUT2D eigenvalue weighted by atomic mass is 9.90.